The number of halogens is 1. The third-order valence-corrected chi connectivity index (χ3v) is 4.80. The summed E-state index contributed by atoms with van der Waals surface area (Å²) in [5, 5.41) is 0. The number of nitrogen functional groups attached to an aromatic ring is 1. The topological polar surface area (TPSA) is 46.3 Å². The zero-order chi connectivity index (χ0) is 15.0. The van der Waals surface area contributed by atoms with Gasteiger partial charge < -0.3 is 10.6 Å². The van der Waals surface area contributed by atoms with Crippen molar-refractivity contribution in [2.75, 3.05) is 12.8 Å². The van der Waals surface area contributed by atoms with Crippen LogP contribution in [0.25, 0.3) is 0 Å². The number of nitrogens with two attached hydrogens (primary N) is 1. The number of hydrogen-bond acceptors (Lipinski definition) is 2. The van der Waals surface area contributed by atoms with E-state index in [9.17, 15) is 4.79 Å². The summed E-state index contributed by atoms with van der Waals surface area (Å²) in [5.41, 5.74) is 9.61. The zero-order valence-corrected chi connectivity index (χ0v) is 13.4. The smallest absolute Gasteiger partial charge is 0.255 e. The molecule has 3 rings (SSSR count). The van der Waals surface area contributed by atoms with Crippen LogP contribution in [-0.4, -0.2) is 17.9 Å². The Hall–Kier alpha value is -1.81. The lowest BCUT2D eigenvalue weighted by Gasteiger charge is -2.26. The molecule has 1 aliphatic carbocycles. The highest BCUT2D eigenvalue weighted by molar-refractivity contribution is 9.10. The highest BCUT2D eigenvalue weighted by Gasteiger charge is 2.29. The normalized spacial score (nSPS) is 16.6. The van der Waals surface area contributed by atoms with Crippen LogP contribution in [0, 0.1) is 0 Å². The number of rotatable bonds is 2. The third-order valence-electron chi connectivity index (χ3n) is 4.11. The Kier molecular flexibility index (Phi) is 3.72. The summed E-state index contributed by atoms with van der Waals surface area (Å²) in [4.78, 5) is 14.6. The lowest BCUT2D eigenvalue weighted by Crippen LogP contribution is -2.30. The largest absolute Gasteiger partial charge is 0.399 e. The minimum atomic E-state index is -0.00382. The van der Waals surface area contributed by atoms with Gasteiger partial charge in [0.1, 0.15) is 0 Å². The molecule has 0 spiro atoms. The number of aryl methyl sites for hydroxylation is 1. The molecule has 1 aliphatic rings. The van der Waals surface area contributed by atoms with E-state index < -0.39 is 0 Å². The standard InChI is InChI=1S/C17H17BrN2O/c1-20(16-9-6-11-4-2-3-5-13(11)16)17(21)14-10-12(19)7-8-15(14)18/h2-5,7-8,10,16H,6,9,19H2,1H3. The van der Waals surface area contributed by atoms with Crippen LogP contribution in [0.15, 0.2) is 46.9 Å². The number of nitrogens with zero attached hydrogens (tertiary/aromatic N) is 1. The maximum absolute atomic E-state index is 12.8. The Morgan fingerprint density at radius 2 is 2.05 bits per heavy atom. The lowest BCUT2D eigenvalue weighted by atomic mass is 10.1. The van der Waals surface area contributed by atoms with Gasteiger partial charge in [0.2, 0.25) is 0 Å². The molecule has 0 saturated heterocycles. The van der Waals surface area contributed by atoms with E-state index in [0.29, 0.717) is 11.3 Å². The average Bonchev–Trinajstić information content (AvgIpc) is 2.92. The molecule has 2 aromatic carbocycles. The number of carbonyl (C=O) groups excluding carboxylic acids is 1. The van der Waals surface area contributed by atoms with Crippen molar-refractivity contribution < 1.29 is 4.79 Å². The molecule has 0 bridgehead atoms. The van der Waals surface area contributed by atoms with Crippen molar-refractivity contribution in [1.29, 1.82) is 0 Å². The van der Waals surface area contributed by atoms with E-state index in [1.165, 1.54) is 11.1 Å². The van der Waals surface area contributed by atoms with E-state index in [1.54, 1.807) is 12.1 Å². The van der Waals surface area contributed by atoms with Crippen LogP contribution in [0.2, 0.25) is 0 Å². The van der Waals surface area contributed by atoms with E-state index in [2.05, 4.69) is 34.1 Å². The number of amides is 1. The molecule has 4 heteroatoms. The minimum absolute atomic E-state index is 0.00382. The van der Waals surface area contributed by atoms with Crippen LogP contribution >= 0.6 is 15.9 Å². The van der Waals surface area contributed by atoms with E-state index in [1.807, 2.05) is 24.1 Å². The molecular formula is C17H17BrN2O. The Morgan fingerprint density at radius 3 is 2.86 bits per heavy atom. The third kappa shape index (κ3) is 2.56. The molecule has 0 fully saturated rings. The van der Waals surface area contributed by atoms with E-state index in [4.69, 9.17) is 5.73 Å². The Morgan fingerprint density at radius 1 is 1.29 bits per heavy atom. The fourth-order valence-corrected chi connectivity index (χ4v) is 3.39. The van der Waals surface area contributed by atoms with Gasteiger partial charge in [0.15, 0.2) is 0 Å². The van der Waals surface area contributed by atoms with Crippen LogP contribution in [0.5, 0.6) is 0 Å². The molecule has 1 atom stereocenters. The summed E-state index contributed by atoms with van der Waals surface area (Å²) < 4.78 is 0.778. The first kappa shape index (κ1) is 14.1. The minimum Gasteiger partial charge on any atom is -0.399 e. The van der Waals surface area contributed by atoms with Gasteiger partial charge in [-0.25, -0.2) is 0 Å². The second kappa shape index (κ2) is 5.53. The van der Waals surface area contributed by atoms with Gasteiger partial charge in [-0.3, -0.25) is 4.79 Å². The molecule has 2 aromatic rings. The SMILES string of the molecule is CN(C(=O)c1cc(N)ccc1Br)C1CCc2ccccc21. The number of anilines is 1. The van der Waals surface area contributed by atoms with Gasteiger partial charge in [0.05, 0.1) is 11.6 Å². The predicted octanol–water partition coefficient (Wildman–Crippen LogP) is 3.79. The highest BCUT2D eigenvalue weighted by atomic mass is 79.9. The van der Waals surface area contributed by atoms with Gasteiger partial charge in [-0.05, 0) is 58.1 Å². The first-order chi connectivity index (χ1) is 10.1. The molecule has 21 heavy (non-hydrogen) atoms. The number of benzene rings is 2. The van der Waals surface area contributed by atoms with Crippen molar-refractivity contribution in [3.05, 3.63) is 63.6 Å². The second-order valence-corrected chi connectivity index (χ2v) is 6.26. The van der Waals surface area contributed by atoms with E-state index in [0.717, 1.165) is 17.3 Å². The van der Waals surface area contributed by atoms with Crippen LogP contribution in [-0.2, 0) is 6.42 Å². The van der Waals surface area contributed by atoms with E-state index in [-0.39, 0.29) is 11.9 Å². The summed E-state index contributed by atoms with van der Waals surface area (Å²) in [7, 11) is 1.87. The first-order valence-corrected chi connectivity index (χ1v) is 7.77. The summed E-state index contributed by atoms with van der Waals surface area (Å²) >= 11 is 3.44. The summed E-state index contributed by atoms with van der Waals surface area (Å²) in [6.07, 6.45) is 2.00. The van der Waals surface area contributed by atoms with Crippen LogP contribution in [0.3, 0.4) is 0 Å². The van der Waals surface area contributed by atoms with Crippen LogP contribution < -0.4 is 5.73 Å². The molecule has 0 saturated carbocycles. The van der Waals surface area contributed by atoms with Crippen molar-refractivity contribution >= 4 is 27.5 Å². The molecule has 1 unspecified atom stereocenters. The van der Waals surface area contributed by atoms with E-state index >= 15 is 0 Å². The maximum Gasteiger partial charge on any atom is 0.255 e. The molecule has 2 N–H and O–H groups in total. The van der Waals surface area contributed by atoms with Crippen molar-refractivity contribution in [3.8, 4) is 0 Å². The van der Waals surface area contributed by atoms with Gasteiger partial charge in [0.25, 0.3) is 5.91 Å². The van der Waals surface area contributed by atoms with Gasteiger partial charge in [0, 0.05) is 17.2 Å². The highest BCUT2D eigenvalue weighted by Crippen LogP contribution is 2.36. The predicted molar refractivity (Wildman–Crippen MR) is 88.2 cm³/mol. The second-order valence-electron chi connectivity index (χ2n) is 5.41. The molecule has 0 heterocycles. The number of hydrogen-bond donors (Lipinski definition) is 1. The molecule has 3 nitrogen and oxygen atoms in total. The maximum atomic E-state index is 12.8. The Balaban J connectivity index is 1.91. The lowest BCUT2D eigenvalue weighted by molar-refractivity contribution is 0.0729. The van der Waals surface area contributed by atoms with Gasteiger partial charge in [-0.1, -0.05) is 24.3 Å². The molecule has 0 aromatic heterocycles. The van der Waals surface area contributed by atoms with Crippen molar-refractivity contribution in [2.24, 2.45) is 0 Å². The van der Waals surface area contributed by atoms with Crippen molar-refractivity contribution in [2.45, 2.75) is 18.9 Å². The fourth-order valence-electron chi connectivity index (χ4n) is 2.98. The Labute approximate surface area is 132 Å². The van der Waals surface area contributed by atoms with Gasteiger partial charge in [-0.2, -0.15) is 0 Å². The quantitative estimate of drug-likeness (QED) is 0.842. The van der Waals surface area contributed by atoms with Crippen LogP contribution in [0.4, 0.5) is 5.69 Å². The number of fused-ring (bicyclic) bond motifs is 1. The average molecular weight is 345 g/mol. The number of carbonyl (C=O) groups is 1. The Bertz CT molecular complexity index is 699. The molecular weight excluding hydrogens is 328 g/mol. The summed E-state index contributed by atoms with van der Waals surface area (Å²) in [6, 6.07) is 13.8. The zero-order valence-electron chi connectivity index (χ0n) is 11.8. The molecule has 0 radical (unpaired) electrons. The van der Waals surface area contributed by atoms with Crippen molar-refractivity contribution in [1.82, 2.24) is 4.90 Å². The fraction of sp³-hybridized carbons (Fsp3) is 0.235. The van der Waals surface area contributed by atoms with Crippen molar-refractivity contribution in [3.63, 3.8) is 0 Å². The van der Waals surface area contributed by atoms with Crippen LogP contribution in [0.1, 0.15) is 33.9 Å². The van der Waals surface area contributed by atoms with Gasteiger partial charge in [-0.15, -0.1) is 0 Å². The summed E-state index contributed by atoms with van der Waals surface area (Å²) in [5.74, 6) is -0.00382. The summed E-state index contributed by atoms with van der Waals surface area (Å²) in [6.45, 7) is 0. The molecule has 0 aliphatic heterocycles. The van der Waals surface area contributed by atoms with Gasteiger partial charge >= 0.3 is 0 Å². The first-order valence-electron chi connectivity index (χ1n) is 6.98. The molecule has 108 valence electrons. The molecule has 1 amide bonds. The monoisotopic (exact) mass is 344 g/mol.